The van der Waals surface area contributed by atoms with Gasteiger partial charge in [-0.15, -0.1) is 0 Å². The predicted molar refractivity (Wildman–Crippen MR) is 138 cm³/mol. The molecule has 7 nitrogen and oxygen atoms in total. The van der Waals surface area contributed by atoms with Gasteiger partial charge in [0.1, 0.15) is 0 Å². The normalized spacial score (nSPS) is 13.8. The maximum absolute atomic E-state index is 13.2. The summed E-state index contributed by atoms with van der Waals surface area (Å²) in [6.45, 7) is 0.410. The van der Waals surface area contributed by atoms with E-state index in [4.69, 9.17) is 5.26 Å². The monoisotopic (exact) mass is 586 g/mol. The molecule has 0 radical (unpaired) electrons. The van der Waals surface area contributed by atoms with Gasteiger partial charge in [0, 0.05) is 36.1 Å². The molecule has 0 spiro atoms. The van der Waals surface area contributed by atoms with Crippen molar-refractivity contribution in [3.8, 4) is 17.2 Å². The summed E-state index contributed by atoms with van der Waals surface area (Å²) >= 11 is 3.42. The number of hydrogen-bond acceptors (Lipinski definition) is 4. The molecule has 2 amide bonds. The minimum Gasteiger partial charge on any atom is -0.331 e. The SMILES string of the molecule is N#CCC[C@H](NC(=O)N1CCc2c(cc([N+](=O)[O-])cc2-c2ccc(C(F)(F)F)cc2)C1)c1cccc(Br)c1. The number of rotatable bonds is 6. The minimum absolute atomic E-state index is 0.0972. The summed E-state index contributed by atoms with van der Waals surface area (Å²) in [5.74, 6) is 0. The van der Waals surface area contributed by atoms with Crippen LogP contribution in [-0.2, 0) is 19.1 Å². The summed E-state index contributed by atoms with van der Waals surface area (Å²) in [7, 11) is 0. The highest BCUT2D eigenvalue weighted by Crippen LogP contribution is 2.36. The van der Waals surface area contributed by atoms with E-state index in [-0.39, 0.29) is 24.7 Å². The average molecular weight is 587 g/mol. The second kappa shape index (κ2) is 11.2. The zero-order chi connectivity index (χ0) is 27.4. The second-order valence-electron chi connectivity index (χ2n) is 8.89. The smallest absolute Gasteiger partial charge is 0.331 e. The van der Waals surface area contributed by atoms with E-state index < -0.39 is 22.7 Å². The summed E-state index contributed by atoms with van der Waals surface area (Å²) in [6.07, 6.45) is -3.47. The first-order chi connectivity index (χ1) is 18.1. The molecule has 0 saturated carbocycles. The third-order valence-electron chi connectivity index (χ3n) is 6.43. The van der Waals surface area contributed by atoms with Gasteiger partial charge in [-0.25, -0.2) is 4.79 Å². The molecule has 4 rings (SSSR count). The lowest BCUT2D eigenvalue weighted by atomic mass is 9.89. The number of benzene rings is 3. The standard InChI is InChI=1S/C27H22BrF3N4O3/c28-21-4-1-3-18(13-21)25(5-2-11-32)33-26(36)34-12-10-23-19(16-34)14-22(35(37)38)15-24(23)17-6-8-20(9-7-17)27(29,30)31/h1,3-4,6-9,13-15,25H,2,5,10,12,16H2,(H,33,36)/t25-/m0/s1. The first kappa shape index (κ1) is 27.1. The van der Waals surface area contributed by atoms with E-state index in [1.165, 1.54) is 24.3 Å². The van der Waals surface area contributed by atoms with Crippen LogP contribution in [-0.4, -0.2) is 22.4 Å². The van der Waals surface area contributed by atoms with Gasteiger partial charge in [0.15, 0.2) is 0 Å². The van der Waals surface area contributed by atoms with Gasteiger partial charge < -0.3 is 10.2 Å². The van der Waals surface area contributed by atoms with E-state index in [1.54, 1.807) is 4.90 Å². The molecule has 1 aliphatic rings. The molecule has 38 heavy (non-hydrogen) atoms. The quantitative estimate of drug-likeness (QED) is 0.245. The Morgan fingerprint density at radius 2 is 1.92 bits per heavy atom. The number of carbonyl (C=O) groups excluding carboxylic acids is 1. The van der Waals surface area contributed by atoms with Crippen LogP contribution in [0.2, 0.25) is 0 Å². The summed E-state index contributed by atoms with van der Waals surface area (Å²) in [5.41, 5.74) is 2.05. The molecule has 1 N–H and O–H groups in total. The van der Waals surface area contributed by atoms with E-state index in [2.05, 4.69) is 27.3 Å². The van der Waals surface area contributed by atoms with E-state index in [9.17, 15) is 28.1 Å². The summed E-state index contributed by atoms with van der Waals surface area (Å²) < 4.78 is 39.9. The van der Waals surface area contributed by atoms with Crippen LogP contribution in [0.1, 0.15) is 41.1 Å². The number of nitrogens with one attached hydrogen (secondary N) is 1. The average Bonchev–Trinajstić information content (AvgIpc) is 2.89. The number of alkyl halides is 3. The van der Waals surface area contributed by atoms with Crippen molar-refractivity contribution in [2.45, 2.75) is 38.0 Å². The largest absolute Gasteiger partial charge is 0.416 e. The van der Waals surface area contributed by atoms with Crippen molar-refractivity contribution in [3.05, 3.63) is 97.5 Å². The number of fused-ring (bicyclic) bond motifs is 1. The van der Waals surface area contributed by atoms with Gasteiger partial charge in [0.2, 0.25) is 0 Å². The highest BCUT2D eigenvalue weighted by Gasteiger charge is 2.31. The third-order valence-corrected chi connectivity index (χ3v) is 6.93. The topological polar surface area (TPSA) is 99.3 Å². The molecule has 1 heterocycles. The van der Waals surface area contributed by atoms with Crippen LogP contribution >= 0.6 is 15.9 Å². The van der Waals surface area contributed by atoms with Crippen molar-refractivity contribution in [2.24, 2.45) is 0 Å². The molecule has 1 aliphatic heterocycles. The van der Waals surface area contributed by atoms with Gasteiger partial charge in [-0.1, -0.05) is 40.2 Å². The molecule has 1 atom stereocenters. The third kappa shape index (κ3) is 6.14. The van der Waals surface area contributed by atoms with Gasteiger partial charge in [-0.2, -0.15) is 18.4 Å². The number of hydrogen-bond donors (Lipinski definition) is 1. The summed E-state index contributed by atoms with van der Waals surface area (Å²) in [5, 5.41) is 23.7. The molecule has 0 fully saturated rings. The fourth-order valence-corrected chi connectivity index (χ4v) is 4.97. The predicted octanol–water partition coefficient (Wildman–Crippen LogP) is 7.16. The fourth-order valence-electron chi connectivity index (χ4n) is 4.55. The lowest BCUT2D eigenvalue weighted by Crippen LogP contribution is -2.44. The zero-order valence-corrected chi connectivity index (χ0v) is 21.6. The van der Waals surface area contributed by atoms with Gasteiger partial charge in [-0.3, -0.25) is 10.1 Å². The summed E-state index contributed by atoms with van der Waals surface area (Å²) in [6, 6.07) is 16.0. The van der Waals surface area contributed by atoms with Crippen molar-refractivity contribution in [2.75, 3.05) is 6.54 Å². The Bertz CT molecular complexity index is 1400. The van der Waals surface area contributed by atoms with Gasteiger partial charge in [0.25, 0.3) is 5.69 Å². The highest BCUT2D eigenvalue weighted by atomic mass is 79.9. The first-order valence-corrected chi connectivity index (χ1v) is 12.5. The molecule has 0 unspecified atom stereocenters. The van der Waals surface area contributed by atoms with Crippen LogP contribution in [0, 0.1) is 21.4 Å². The lowest BCUT2D eigenvalue weighted by molar-refractivity contribution is -0.384. The molecule has 0 saturated heterocycles. The maximum atomic E-state index is 13.2. The second-order valence-corrected chi connectivity index (χ2v) is 9.80. The van der Waals surface area contributed by atoms with E-state index >= 15 is 0 Å². The van der Waals surface area contributed by atoms with Crippen molar-refractivity contribution in [1.82, 2.24) is 10.2 Å². The number of nitro groups is 1. The number of carbonyl (C=O) groups is 1. The summed E-state index contributed by atoms with van der Waals surface area (Å²) in [4.78, 5) is 25.8. The highest BCUT2D eigenvalue weighted by molar-refractivity contribution is 9.10. The van der Waals surface area contributed by atoms with E-state index in [0.717, 1.165) is 27.7 Å². The molecule has 0 aliphatic carbocycles. The van der Waals surface area contributed by atoms with Crippen LogP contribution in [0.3, 0.4) is 0 Å². The number of nitrogens with zero attached hydrogens (tertiary/aromatic N) is 3. The molecule has 3 aromatic carbocycles. The lowest BCUT2D eigenvalue weighted by Gasteiger charge is -2.32. The van der Waals surface area contributed by atoms with Gasteiger partial charge in [0.05, 0.1) is 22.6 Å². The van der Waals surface area contributed by atoms with Crippen LogP contribution in [0.15, 0.2) is 65.1 Å². The van der Waals surface area contributed by atoms with Crippen LogP contribution < -0.4 is 5.32 Å². The van der Waals surface area contributed by atoms with Crippen LogP contribution in [0.4, 0.5) is 23.7 Å². The Hall–Kier alpha value is -3.91. The number of nitro benzene ring substituents is 1. The van der Waals surface area contributed by atoms with Gasteiger partial charge in [-0.05, 0) is 64.9 Å². The van der Waals surface area contributed by atoms with E-state index in [0.29, 0.717) is 36.1 Å². The number of halogens is 4. The zero-order valence-electron chi connectivity index (χ0n) is 20.0. The molecule has 0 aromatic heterocycles. The molecule has 3 aromatic rings. The molecule has 196 valence electrons. The Balaban J connectivity index is 1.61. The number of nitriles is 1. The Labute approximate surface area is 225 Å². The van der Waals surface area contributed by atoms with Crippen LogP contribution in [0.5, 0.6) is 0 Å². The number of amides is 2. The van der Waals surface area contributed by atoms with Crippen molar-refractivity contribution in [1.29, 1.82) is 5.26 Å². The molecule has 0 bridgehead atoms. The molecule has 11 heteroatoms. The Morgan fingerprint density at radius 1 is 1.18 bits per heavy atom. The Morgan fingerprint density at radius 3 is 2.55 bits per heavy atom. The number of urea groups is 1. The van der Waals surface area contributed by atoms with E-state index in [1.807, 2.05) is 24.3 Å². The number of non-ortho nitro benzene ring substituents is 1. The first-order valence-electron chi connectivity index (χ1n) is 11.7. The van der Waals surface area contributed by atoms with Crippen molar-refractivity contribution < 1.29 is 22.9 Å². The molecular weight excluding hydrogens is 565 g/mol. The minimum atomic E-state index is -4.49. The van der Waals surface area contributed by atoms with Crippen LogP contribution in [0.25, 0.3) is 11.1 Å². The van der Waals surface area contributed by atoms with Crippen molar-refractivity contribution in [3.63, 3.8) is 0 Å². The Kier molecular flexibility index (Phi) is 8.02. The van der Waals surface area contributed by atoms with Gasteiger partial charge >= 0.3 is 12.2 Å². The van der Waals surface area contributed by atoms with Crippen molar-refractivity contribution >= 4 is 27.6 Å². The fraction of sp³-hybridized carbons (Fsp3) is 0.259. The molecular formula is C27H22BrF3N4O3. The maximum Gasteiger partial charge on any atom is 0.416 e.